The summed E-state index contributed by atoms with van der Waals surface area (Å²) >= 11 is 1.47. The van der Waals surface area contributed by atoms with Gasteiger partial charge < -0.3 is 5.32 Å². The van der Waals surface area contributed by atoms with Crippen LogP contribution in [0.25, 0.3) is 10.2 Å². The predicted octanol–water partition coefficient (Wildman–Crippen LogP) is 3.59. The molecule has 1 atom stereocenters. The first-order chi connectivity index (χ1) is 11.8. The van der Waals surface area contributed by atoms with Crippen molar-refractivity contribution in [3.8, 4) is 0 Å². The average Bonchev–Trinajstić information content (AvgIpc) is 3.04. The van der Waals surface area contributed by atoms with Crippen molar-refractivity contribution in [3.63, 3.8) is 0 Å². The van der Waals surface area contributed by atoms with Crippen molar-refractivity contribution in [2.75, 3.05) is 6.54 Å². The third-order valence-corrected chi connectivity index (χ3v) is 5.82. The van der Waals surface area contributed by atoms with Crippen LogP contribution in [0.4, 0.5) is 0 Å². The summed E-state index contributed by atoms with van der Waals surface area (Å²) in [6, 6.07) is 12.9. The lowest BCUT2D eigenvalue weighted by Crippen LogP contribution is -2.35. The van der Waals surface area contributed by atoms with Gasteiger partial charge >= 0.3 is 0 Å². The Morgan fingerprint density at radius 3 is 2.83 bits per heavy atom. The number of hydrogen-bond acceptors (Lipinski definition) is 4. The number of thiophene rings is 1. The van der Waals surface area contributed by atoms with Crippen LogP contribution in [0.1, 0.15) is 30.9 Å². The first-order valence-electron chi connectivity index (χ1n) is 8.54. The first kappa shape index (κ1) is 15.5. The molecular formula is C19H21N3OS. The van der Waals surface area contributed by atoms with Gasteiger partial charge in [0.15, 0.2) is 0 Å². The van der Waals surface area contributed by atoms with E-state index in [0.717, 1.165) is 16.8 Å². The molecule has 0 saturated heterocycles. The number of nitrogens with zero attached hydrogens (tertiary/aromatic N) is 2. The van der Waals surface area contributed by atoms with E-state index in [-0.39, 0.29) is 5.56 Å². The molecule has 0 aliphatic heterocycles. The molecule has 1 fully saturated rings. The summed E-state index contributed by atoms with van der Waals surface area (Å²) in [7, 11) is 0. The highest BCUT2D eigenvalue weighted by atomic mass is 32.1. The zero-order valence-electron chi connectivity index (χ0n) is 13.5. The maximum atomic E-state index is 12.4. The van der Waals surface area contributed by atoms with Gasteiger partial charge in [-0.3, -0.25) is 9.36 Å². The average molecular weight is 339 g/mol. The zero-order chi connectivity index (χ0) is 16.4. The van der Waals surface area contributed by atoms with Crippen LogP contribution in [0.15, 0.2) is 52.9 Å². The summed E-state index contributed by atoms with van der Waals surface area (Å²) in [4.78, 5) is 16.8. The Morgan fingerprint density at radius 1 is 1.25 bits per heavy atom. The maximum Gasteiger partial charge on any atom is 0.271 e. The molecular weight excluding hydrogens is 318 g/mol. The highest BCUT2D eigenvalue weighted by molar-refractivity contribution is 7.17. The lowest BCUT2D eigenvalue weighted by atomic mass is 9.77. The van der Waals surface area contributed by atoms with Crippen LogP contribution >= 0.6 is 11.3 Å². The molecule has 2 heterocycles. The second kappa shape index (κ2) is 6.87. The molecule has 1 N–H and O–H groups in total. The van der Waals surface area contributed by atoms with E-state index in [9.17, 15) is 4.79 Å². The molecule has 0 bridgehead atoms. The van der Waals surface area contributed by atoms with E-state index in [4.69, 9.17) is 0 Å². The number of hydrogen-bond donors (Lipinski definition) is 1. The summed E-state index contributed by atoms with van der Waals surface area (Å²) in [5, 5.41) is 5.59. The Kier molecular flexibility index (Phi) is 4.45. The van der Waals surface area contributed by atoms with Gasteiger partial charge in [-0.1, -0.05) is 36.8 Å². The molecule has 2 aromatic heterocycles. The molecule has 0 unspecified atom stereocenters. The molecule has 24 heavy (non-hydrogen) atoms. The molecule has 0 spiro atoms. The number of aromatic nitrogens is 2. The summed E-state index contributed by atoms with van der Waals surface area (Å²) in [5.41, 5.74) is 2.21. The van der Waals surface area contributed by atoms with Crippen LogP contribution in [0.2, 0.25) is 0 Å². The Labute approximate surface area is 145 Å². The highest BCUT2D eigenvalue weighted by Gasteiger charge is 2.27. The minimum absolute atomic E-state index is 0.0664. The summed E-state index contributed by atoms with van der Waals surface area (Å²) in [5.74, 6) is 0.710. The Balaban J connectivity index is 1.46. The van der Waals surface area contributed by atoms with Crippen molar-refractivity contribution < 1.29 is 0 Å². The van der Waals surface area contributed by atoms with Gasteiger partial charge in [-0.05, 0) is 35.8 Å². The first-order valence-corrected chi connectivity index (χ1v) is 9.42. The molecule has 124 valence electrons. The smallest absolute Gasteiger partial charge is 0.271 e. The number of rotatable bonds is 6. The molecule has 1 aliphatic carbocycles. The maximum absolute atomic E-state index is 12.4. The summed E-state index contributed by atoms with van der Waals surface area (Å²) in [6.45, 7) is 1.42. The molecule has 1 aliphatic rings. The van der Waals surface area contributed by atoms with E-state index < -0.39 is 0 Å². The number of fused-ring (bicyclic) bond motifs is 1. The minimum atomic E-state index is 0.0664. The van der Waals surface area contributed by atoms with Crippen LogP contribution in [0, 0.1) is 5.92 Å². The van der Waals surface area contributed by atoms with Gasteiger partial charge in [0.2, 0.25) is 0 Å². The lowest BCUT2D eigenvalue weighted by molar-refractivity contribution is 0.229. The van der Waals surface area contributed by atoms with Crippen LogP contribution < -0.4 is 10.9 Å². The molecule has 3 aromatic rings. The van der Waals surface area contributed by atoms with E-state index >= 15 is 0 Å². The fraction of sp³-hybridized carbons (Fsp3) is 0.368. The van der Waals surface area contributed by atoms with Crippen molar-refractivity contribution in [1.29, 1.82) is 0 Å². The van der Waals surface area contributed by atoms with Crippen molar-refractivity contribution in [3.05, 3.63) is 64.0 Å². The monoisotopic (exact) mass is 339 g/mol. The topological polar surface area (TPSA) is 46.9 Å². The standard InChI is InChI=1S/C19H21N3OS/c23-19-18-16(9-12-24-18)21-13-22(19)11-10-20-17(15-7-4-8-15)14-5-2-1-3-6-14/h1-3,5-6,9,12-13,15,17,20H,4,7-8,10-11H2/t17-/m0/s1. The normalized spacial score (nSPS) is 16.2. The quantitative estimate of drug-likeness (QED) is 0.746. The Bertz CT molecular complexity index is 867. The van der Waals surface area contributed by atoms with E-state index in [2.05, 4.69) is 40.6 Å². The third-order valence-electron chi connectivity index (χ3n) is 4.93. The van der Waals surface area contributed by atoms with Crippen molar-refractivity contribution >= 4 is 21.6 Å². The zero-order valence-corrected chi connectivity index (χ0v) is 14.3. The fourth-order valence-corrected chi connectivity index (χ4v) is 4.16. The fourth-order valence-electron chi connectivity index (χ4n) is 3.37. The second-order valence-electron chi connectivity index (χ2n) is 6.41. The largest absolute Gasteiger partial charge is 0.308 e. The Morgan fingerprint density at radius 2 is 2.08 bits per heavy atom. The highest BCUT2D eigenvalue weighted by Crippen LogP contribution is 2.37. The van der Waals surface area contributed by atoms with Crippen LogP contribution in [0.3, 0.4) is 0 Å². The van der Waals surface area contributed by atoms with E-state index in [1.807, 2.05) is 11.4 Å². The van der Waals surface area contributed by atoms with E-state index in [1.165, 1.54) is 36.2 Å². The third kappa shape index (κ3) is 3.01. The van der Waals surface area contributed by atoms with Gasteiger partial charge in [0.25, 0.3) is 5.56 Å². The van der Waals surface area contributed by atoms with Gasteiger partial charge in [0, 0.05) is 19.1 Å². The van der Waals surface area contributed by atoms with Gasteiger partial charge in [0.05, 0.1) is 11.8 Å². The summed E-state index contributed by atoms with van der Waals surface area (Å²) < 4.78 is 2.46. The molecule has 0 amide bonds. The second-order valence-corrected chi connectivity index (χ2v) is 7.33. The van der Waals surface area contributed by atoms with Crippen LogP contribution in [-0.4, -0.2) is 16.1 Å². The SMILES string of the molecule is O=c1c2sccc2ncn1CCN[C@@H](c1ccccc1)C1CCC1. The molecule has 0 radical (unpaired) electrons. The summed E-state index contributed by atoms with van der Waals surface area (Å²) in [6.07, 6.45) is 5.57. The van der Waals surface area contributed by atoms with Gasteiger partial charge in [0.1, 0.15) is 4.70 Å². The Hall–Kier alpha value is -1.98. The van der Waals surface area contributed by atoms with Gasteiger partial charge in [-0.25, -0.2) is 4.98 Å². The van der Waals surface area contributed by atoms with Crippen molar-refractivity contribution in [1.82, 2.24) is 14.9 Å². The molecule has 4 nitrogen and oxygen atoms in total. The minimum Gasteiger partial charge on any atom is -0.308 e. The van der Waals surface area contributed by atoms with Crippen molar-refractivity contribution in [2.24, 2.45) is 5.92 Å². The molecule has 5 heteroatoms. The van der Waals surface area contributed by atoms with Crippen LogP contribution in [-0.2, 0) is 6.54 Å². The molecule has 4 rings (SSSR count). The van der Waals surface area contributed by atoms with E-state index in [1.54, 1.807) is 10.9 Å². The number of benzene rings is 1. The van der Waals surface area contributed by atoms with E-state index in [0.29, 0.717) is 18.5 Å². The van der Waals surface area contributed by atoms with Crippen LogP contribution in [0.5, 0.6) is 0 Å². The molecule has 1 aromatic carbocycles. The predicted molar refractivity (Wildman–Crippen MR) is 98.4 cm³/mol. The van der Waals surface area contributed by atoms with Gasteiger partial charge in [-0.2, -0.15) is 0 Å². The number of nitrogens with one attached hydrogen (secondary N) is 1. The van der Waals surface area contributed by atoms with Crippen molar-refractivity contribution in [2.45, 2.75) is 31.8 Å². The van der Waals surface area contributed by atoms with Gasteiger partial charge in [-0.15, -0.1) is 11.3 Å². The lowest BCUT2D eigenvalue weighted by Gasteiger charge is -2.35. The molecule has 1 saturated carbocycles.